The summed E-state index contributed by atoms with van der Waals surface area (Å²) in [5.74, 6) is 0.951. The highest BCUT2D eigenvalue weighted by molar-refractivity contribution is 7.99. The number of nitrogens with zero attached hydrogens (tertiary/aromatic N) is 3. The van der Waals surface area contributed by atoms with Crippen LogP contribution < -0.4 is 5.32 Å². The number of rotatable bonds is 8. The second kappa shape index (κ2) is 9.71. The van der Waals surface area contributed by atoms with Crippen molar-refractivity contribution in [2.45, 2.75) is 32.0 Å². The first-order chi connectivity index (χ1) is 14.4. The number of carbonyl (C=O) groups excluding carboxylic acids is 2. The van der Waals surface area contributed by atoms with Crippen molar-refractivity contribution in [1.29, 1.82) is 0 Å². The third-order valence-electron chi connectivity index (χ3n) is 4.84. The molecule has 1 N–H and O–H groups in total. The van der Waals surface area contributed by atoms with E-state index < -0.39 is 0 Å². The number of hydrogen-bond donors (Lipinski definition) is 1. The molecule has 0 aliphatic heterocycles. The molecule has 0 spiro atoms. The van der Waals surface area contributed by atoms with Crippen LogP contribution in [-0.4, -0.2) is 32.2 Å². The third-order valence-corrected chi connectivity index (χ3v) is 5.86. The van der Waals surface area contributed by atoms with Crippen molar-refractivity contribution in [3.05, 3.63) is 77.1 Å². The molecule has 30 heavy (non-hydrogen) atoms. The van der Waals surface area contributed by atoms with Crippen LogP contribution in [0.15, 0.2) is 59.8 Å². The van der Waals surface area contributed by atoms with Gasteiger partial charge in [0.15, 0.2) is 16.8 Å². The number of Topliss-reactive ketones (excluding diaryl/α,β-unsaturated/α-hetero) is 1. The molecule has 3 aromatic rings. The van der Waals surface area contributed by atoms with Crippen molar-refractivity contribution < 1.29 is 9.59 Å². The Balaban J connectivity index is 1.71. The molecular formula is C23H26N4O2S. The molecule has 1 amide bonds. The van der Waals surface area contributed by atoms with E-state index in [4.69, 9.17) is 0 Å². The van der Waals surface area contributed by atoms with Crippen molar-refractivity contribution in [2.75, 3.05) is 5.75 Å². The first kappa shape index (κ1) is 21.8. The van der Waals surface area contributed by atoms with Gasteiger partial charge >= 0.3 is 0 Å². The fourth-order valence-corrected chi connectivity index (χ4v) is 3.83. The van der Waals surface area contributed by atoms with Gasteiger partial charge in [-0.3, -0.25) is 9.59 Å². The third kappa shape index (κ3) is 5.16. The summed E-state index contributed by atoms with van der Waals surface area (Å²) in [4.78, 5) is 25.1. The van der Waals surface area contributed by atoms with E-state index in [0.29, 0.717) is 22.1 Å². The Bertz CT molecular complexity index is 1010. The van der Waals surface area contributed by atoms with Crippen molar-refractivity contribution >= 4 is 23.5 Å². The van der Waals surface area contributed by atoms with Crippen LogP contribution in [0, 0.1) is 12.8 Å². The Kier molecular flexibility index (Phi) is 7.05. The number of amides is 1. The molecule has 1 heterocycles. The number of hydrogen-bond acceptors (Lipinski definition) is 5. The van der Waals surface area contributed by atoms with Gasteiger partial charge < -0.3 is 9.88 Å². The quantitative estimate of drug-likeness (QED) is 0.434. The fraction of sp³-hybridized carbons (Fsp3) is 0.304. The highest BCUT2D eigenvalue weighted by Crippen LogP contribution is 2.25. The Morgan fingerprint density at radius 3 is 2.30 bits per heavy atom. The number of carbonyl (C=O) groups is 2. The normalized spacial score (nSPS) is 12.0. The van der Waals surface area contributed by atoms with Gasteiger partial charge in [0.2, 0.25) is 0 Å². The average Bonchev–Trinajstić information content (AvgIpc) is 3.11. The minimum absolute atomic E-state index is 0.0400. The second-order valence-corrected chi connectivity index (χ2v) is 8.48. The molecule has 2 aromatic carbocycles. The maximum absolute atomic E-state index is 12.7. The summed E-state index contributed by atoms with van der Waals surface area (Å²) >= 11 is 1.34. The molecule has 3 rings (SSSR count). The average molecular weight is 423 g/mol. The van der Waals surface area contributed by atoms with E-state index in [1.54, 1.807) is 12.1 Å². The van der Waals surface area contributed by atoms with Crippen LogP contribution in [0.3, 0.4) is 0 Å². The van der Waals surface area contributed by atoms with Gasteiger partial charge in [-0.1, -0.05) is 73.6 Å². The number of nitrogens with one attached hydrogen (secondary N) is 1. The lowest BCUT2D eigenvalue weighted by molar-refractivity contribution is 0.0921. The number of ketones is 1. The maximum Gasteiger partial charge on any atom is 0.251 e. The topological polar surface area (TPSA) is 76.9 Å². The molecule has 0 unspecified atom stereocenters. The lowest BCUT2D eigenvalue weighted by Crippen LogP contribution is -2.33. The van der Waals surface area contributed by atoms with Crippen molar-refractivity contribution in [2.24, 2.45) is 13.0 Å². The summed E-state index contributed by atoms with van der Waals surface area (Å²) in [5.41, 5.74) is 2.39. The Morgan fingerprint density at radius 1 is 1.00 bits per heavy atom. The van der Waals surface area contributed by atoms with Gasteiger partial charge in [-0.15, -0.1) is 10.2 Å². The highest BCUT2D eigenvalue weighted by Gasteiger charge is 2.25. The predicted octanol–water partition coefficient (Wildman–Crippen LogP) is 4.23. The van der Waals surface area contributed by atoms with Crippen molar-refractivity contribution in [3.63, 3.8) is 0 Å². The van der Waals surface area contributed by atoms with E-state index in [-0.39, 0.29) is 29.4 Å². The zero-order valence-corrected chi connectivity index (χ0v) is 18.4. The Labute approximate surface area is 181 Å². The van der Waals surface area contributed by atoms with Gasteiger partial charge in [0.25, 0.3) is 5.91 Å². The molecule has 1 atom stereocenters. The van der Waals surface area contributed by atoms with Gasteiger partial charge in [0, 0.05) is 18.2 Å². The molecule has 7 heteroatoms. The lowest BCUT2D eigenvalue weighted by Gasteiger charge is -2.21. The van der Waals surface area contributed by atoms with Crippen LogP contribution >= 0.6 is 11.8 Å². The zero-order valence-electron chi connectivity index (χ0n) is 17.6. The summed E-state index contributed by atoms with van der Waals surface area (Å²) in [6.45, 7) is 6.04. The molecule has 0 bridgehead atoms. The monoisotopic (exact) mass is 422 g/mol. The summed E-state index contributed by atoms with van der Waals surface area (Å²) in [6, 6.07) is 16.4. The van der Waals surface area contributed by atoms with Crippen LogP contribution in [0.4, 0.5) is 0 Å². The van der Waals surface area contributed by atoms with Gasteiger partial charge in [-0.25, -0.2) is 0 Å². The lowest BCUT2D eigenvalue weighted by atomic mass is 10.0. The van der Waals surface area contributed by atoms with E-state index in [1.807, 2.05) is 74.9 Å². The molecule has 0 radical (unpaired) electrons. The number of benzene rings is 2. The van der Waals surface area contributed by atoms with Crippen molar-refractivity contribution in [3.8, 4) is 0 Å². The van der Waals surface area contributed by atoms with Gasteiger partial charge in [-0.2, -0.15) is 0 Å². The smallest absolute Gasteiger partial charge is 0.251 e. The highest BCUT2D eigenvalue weighted by atomic mass is 32.2. The van der Waals surface area contributed by atoms with Gasteiger partial charge in [-0.05, 0) is 25.0 Å². The van der Waals surface area contributed by atoms with E-state index in [2.05, 4.69) is 15.5 Å². The number of aryl methyl sites for hydroxylation is 1. The number of thioether (sulfide) groups is 1. The van der Waals surface area contributed by atoms with E-state index in [9.17, 15) is 9.59 Å². The predicted molar refractivity (Wildman–Crippen MR) is 119 cm³/mol. The van der Waals surface area contributed by atoms with Gasteiger partial charge in [0.1, 0.15) is 0 Å². The first-order valence-electron chi connectivity index (χ1n) is 9.84. The minimum atomic E-state index is -0.296. The first-order valence-corrected chi connectivity index (χ1v) is 10.8. The van der Waals surface area contributed by atoms with Crippen LogP contribution in [0.2, 0.25) is 0 Å². The summed E-state index contributed by atoms with van der Waals surface area (Å²) < 4.78 is 1.85. The second-order valence-electron chi connectivity index (χ2n) is 7.54. The maximum atomic E-state index is 12.7. The molecule has 0 saturated heterocycles. The Hall–Kier alpha value is -2.93. The van der Waals surface area contributed by atoms with E-state index in [1.165, 1.54) is 11.8 Å². The molecule has 156 valence electrons. The van der Waals surface area contributed by atoms with Gasteiger partial charge in [0.05, 0.1) is 11.8 Å². The van der Waals surface area contributed by atoms with Crippen molar-refractivity contribution in [1.82, 2.24) is 20.1 Å². The summed E-state index contributed by atoms with van der Waals surface area (Å²) in [6.07, 6.45) is 0. The van der Waals surface area contributed by atoms with Crippen LogP contribution in [0.1, 0.15) is 52.0 Å². The zero-order chi connectivity index (χ0) is 21.7. The molecular weight excluding hydrogens is 396 g/mol. The largest absolute Gasteiger partial charge is 0.342 e. The molecule has 1 aromatic heterocycles. The molecule has 0 saturated carbocycles. The molecule has 0 fully saturated rings. The SMILES string of the molecule is Cc1ccc(C(=O)N[C@H](c2nnc(SCC(=O)c3ccccc3)n2C)C(C)C)cc1. The van der Waals surface area contributed by atoms with E-state index >= 15 is 0 Å². The Morgan fingerprint density at radius 2 is 1.67 bits per heavy atom. The molecule has 0 aliphatic carbocycles. The fourth-order valence-electron chi connectivity index (χ4n) is 3.02. The van der Waals surface area contributed by atoms with E-state index in [0.717, 1.165) is 5.56 Å². The number of aromatic nitrogens is 3. The molecule has 0 aliphatic rings. The minimum Gasteiger partial charge on any atom is -0.342 e. The van der Waals surface area contributed by atoms with Crippen LogP contribution in [-0.2, 0) is 7.05 Å². The standard InChI is InChI=1S/C23H26N4O2S/c1-15(2)20(24-22(29)18-12-10-16(3)11-13-18)21-25-26-23(27(21)4)30-14-19(28)17-8-6-5-7-9-17/h5-13,15,20H,14H2,1-4H3,(H,24,29)/t20-/m0/s1. The van der Waals surface area contributed by atoms with Crippen LogP contribution in [0.5, 0.6) is 0 Å². The summed E-state index contributed by atoms with van der Waals surface area (Å²) in [7, 11) is 1.86. The van der Waals surface area contributed by atoms with Crippen LogP contribution in [0.25, 0.3) is 0 Å². The molecule has 6 nitrogen and oxygen atoms in total. The summed E-state index contributed by atoms with van der Waals surface area (Å²) in [5, 5.41) is 12.3.